The van der Waals surface area contributed by atoms with Crippen LogP contribution < -0.4 is 10.5 Å². The van der Waals surface area contributed by atoms with Gasteiger partial charge in [-0.2, -0.15) is 0 Å². The zero-order valence-corrected chi connectivity index (χ0v) is 10.5. The van der Waals surface area contributed by atoms with Crippen LogP contribution in [0.3, 0.4) is 0 Å². The largest absolute Gasteiger partial charge is 0.490 e. The minimum atomic E-state index is 0.168. The SMILES string of the molecule is CC1CCc2cc(CCC3(N)CC3)ccc2O1. The molecule has 0 saturated heterocycles. The lowest BCUT2D eigenvalue weighted by atomic mass is 9.97. The van der Waals surface area contributed by atoms with E-state index in [4.69, 9.17) is 10.5 Å². The van der Waals surface area contributed by atoms with Crippen LogP contribution in [0.1, 0.15) is 43.7 Å². The Morgan fingerprint density at radius 1 is 1.41 bits per heavy atom. The van der Waals surface area contributed by atoms with Gasteiger partial charge in [-0.1, -0.05) is 12.1 Å². The van der Waals surface area contributed by atoms with Gasteiger partial charge >= 0.3 is 0 Å². The quantitative estimate of drug-likeness (QED) is 0.868. The third-order valence-corrected chi connectivity index (χ3v) is 4.08. The standard InChI is InChI=1S/C15H21NO/c1-11-2-4-13-10-12(3-5-14(13)17-11)6-7-15(16)8-9-15/h3,5,10-11H,2,4,6-9,16H2,1H3. The van der Waals surface area contributed by atoms with Gasteiger partial charge in [0.1, 0.15) is 5.75 Å². The summed E-state index contributed by atoms with van der Waals surface area (Å²) in [6.45, 7) is 2.14. The zero-order valence-electron chi connectivity index (χ0n) is 10.5. The number of benzene rings is 1. The van der Waals surface area contributed by atoms with Crippen molar-refractivity contribution in [2.75, 3.05) is 0 Å². The molecule has 1 aromatic carbocycles. The molecule has 17 heavy (non-hydrogen) atoms. The molecular formula is C15H21NO. The molecule has 1 atom stereocenters. The number of fused-ring (bicyclic) bond motifs is 1. The van der Waals surface area contributed by atoms with Crippen molar-refractivity contribution < 1.29 is 4.74 Å². The Hall–Kier alpha value is -1.02. The second kappa shape index (κ2) is 4.02. The summed E-state index contributed by atoms with van der Waals surface area (Å²) in [6, 6.07) is 6.64. The van der Waals surface area contributed by atoms with E-state index < -0.39 is 0 Å². The molecule has 0 aromatic heterocycles. The van der Waals surface area contributed by atoms with Gasteiger partial charge in [-0.05, 0) is 62.6 Å². The monoisotopic (exact) mass is 231 g/mol. The van der Waals surface area contributed by atoms with Gasteiger partial charge in [0.05, 0.1) is 6.10 Å². The van der Waals surface area contributed by atoms with Gasteiger partial charge in [-0.3, -0.25) is 0 Å². The Morgan fingerprint density at radius 2 is 2.24 bits per heavy atom. The summed E-state index contributed by atoms with van der Waals surface area (Å²) in [5.74, 6) is 1.08. The van der Waals surface area contributed by atoms with Crippen LogP contribution in [0.2, 0.25) is 0 Å². The first-order chi connectivity index (χ1) is 8.15. The molecule has 1 aliphatic heterocycles. The van der Waals surface area contributed by atoms with Crippen molar-refractivity contribution in [2.24, 2.45) is 5.73 Å². The minimum absolute atomic E-state index is 0.168. The van der Waals surface area contributed by atoms with Crippen molar-refractivity contribution >= 4 is 0 Å². The Balaban J connectivity index is 1.70. The normalized spacial score (nSPS) is 24.9. The topological polar surface area (TPSA) is 35.2 Å². The maximum Gasteiger partial charge on any atom is 0.122 e. The van der Waals surface area contributed by atoms with Gasteiger partial charge in [0.2, 0.25) is 0 Å². The molecule has 1 aromatic rings. The summed E-state index contributed by atoms with van der Waals surface area (Å²) in [7, 11) is 0. The van der Waals surface area contributed by atoms with Crippen LogP contribution in [0.5, 0.6) is 5.75 Å². The van der Waals surface area contributed by atoms with Gasteiger partial charge in [0.15, 0.2) is 0 Å². The fraction of sp³-hybridized carbons (Fsp3) is 0.600. The molecule has 1 saturated carbocycles. The van der Waals surface area contributed by atoms with Gasteiger partial charge in [0.25, 0.3) is 0 Å². The van der Waals surface area contributed by atoms with Crippen molar-refractivity contribution in [3.8, 4) is 5.75 Å². The van der Waals surface area contributed by atoms with E-state index >= 15 is 0 Å². The first kappa shape index (κ1) is 11.1. The fourth-order valence-corrected chi connectivity index (χ4v) is 2.54. The summed E-state index contributed by atoms with van der Waals surface area (Å²) < 4.78 is 5.82. The number of rotatable bonds is 3. The Bertz CT molecular complexity index is 423. The highest BCUT2D eigenvalue weighted by molar-refractivity contribution is 5.39. The molecule has 1 heterocycles. The van der Waals surface area contributed by atoms with Crippen LogP contribution >= 0.6 is 0 Å². The molecule has 0 spiro atoms. The summed E-state index contributed by atoms with van der Waals surface area (Å²) in [4.78, 5) is 0. The predicted octanol–water partition coefficient (Wildman–Crippen LogP) is 2.82. The molecule has 0 radical (unpaired) electrons. The van der Waals surface area contributed by atoms with Crippen LogP contribution in [0.4, 0.5) is 0 Å². The summed E-state index contributed by atoms with van der Waals surface area (Å²) in [5.41, 5.74) is 9.09. The lowest BCUT2D eigenvalue weighted by molar-refractivity contribution is 0.192. The van der Waals surface area contributed by atoms with E-state index in [1.807, 2.05) is 0 Å². The smallest absolute Gasteiger partial charge is 0.122 e. The van der Waals surface area contributed by atoms with Crippen molar-refractivity contribution in [2.45, 2.75) is 57.1 Å². The first-order valence-corrected chi connectivity index (χ1v) is 6.72. The Kier molecular flexibility index (Phi) is 2.62. The second-order valence-corrected chi connectivity index (χ2v) is 5.77. The zero-order chi connectivity index (χ0) is 11.9. The predicted molar refractivity (Wildman–Crippen MR) is 69.3 cm³/mol. The summed E-state index contributed by atoms with van der Waals surface area (Å²) in [6.07, 6.45) is 7.31. The van der Waals surface area contributed by atoms with Crippen molar-refractivity contribution in [3.05, 3.63) is 29.3 Å². The third-order valence-electron chi connectivity index (χ3n) is 4.08. The van der Waals surface area contributed by atoms with Crippen LogP contribution in [-0.4, -0.2) is 11.6 Å². The van der Waals surface area contributed by atoms with Crippen LogP contribution in [0.25, 0.3) is 0 Å². The molecule has 1 fully saturated rings. The molecule has 3 rings (SSSR count). The summed E-state index contributed by atoms with van der Waals surface area (Å²) >= 11 is 0. The molecule has 0 amide bonds. The van der Waals surface area contributed by atoms with Gasteiger partial charge in [-0.15, -0.1) is 0 Å². The third kappa shape index (κ3) is 2.47. The molecule has 2 N–H and O–H groups in total. The van der Waals surface area contributed by atoms with E-state index in [1.165, 1.54) is 24.0 Å². The average molecular weight is 231 g/mol. The molecule has 2 nitrogen and oxygen atoms in total. The van der Waals surface area contributed by atoms with E-state index in [1.54, 1.807) is 0 Å². The fourth-order valence-electron chi connectivity index (χ4n) is 2.54. The maximum absolute atomic E-state index is 6.13. The van der Waals surface area contributed by atoms with E-state index in [0.29, 0.717) is 6.10 Å². The molecule has 0 bridgehead atoms. The van der Waals surface area contributed by atoms with E-state index in [-0.39, 0.29) is 5.54 Å². The first-order valence-electron chi connectivity index (χ1n) is 6.72. The number of nitrogens with two attached hydrogens (primary N) is 1. The highest BCUT2D eigenvalue weighted by Crippen LogP contribution is 2.37. The van der Waals surface area contributed by atoms with Crippen molar-refractivity contribution in [1.82, 2.24) is 0 Å². The number of ether oxygens (including phenoxy) is 1. The highest BCUT2D eigenvalue weighted by Gasteiger charge is 2.37. The maximum atomic E-state index is 6.13. The molecule has 1 aliphatic carbocycles. The summed E-state index contributed by atoms with van der Waals surface area (Å²) in [5, 5.41) is 0. The van der Waals surface area contributed by atoms with Gasteiger partial charge in [-0.25, -0.2) is 0 Å². The van der Waals surface area contributed by atoms with E-state index in [0.717, 1.165) is 31.4 Å². The Labute approximate surface area is 103 Å². The lowest BCUT2D eigenvalue weighted by Crippen LogP contribution is -2.22. The molecular weight excluding hydrogens is 210 g/mol. The van der Waals surface area contributed by atoms with Gasteiger partial charge < -0.3 is 10.5 Å². The molecule has 2 aliphatic rings. The van der Waals surface area contributed by atoms with Crippen LogP contribution in [0, 0.1) is 0 Å². The molecule has 1 unspecified atom stereocenters. The number of aryl methyl sites for hydroxylation is 2. The molecule has 2 heteroatoms. The minimum Gasteiger partial charge on any atom is -0.490 e. The van der Waals surface area contributed by atoms with Crippen molar-refractivity contribution in [1.29, 1.82) is 0 Å². The second-order valence-electron chi connectivity index (χ2n) is 5.77. The van der Waals surface area contributed by atoms with Crippen LogP contribution in [0.15, 0.2) is 18.2 Å². The van der Waals surface area contributed by atoms with Gasteiger partial charge in [0, 0.05) is 5.54 Å². The number of hydrogen-bond acceptors (Lipinski definition) is 2. The highest BCUT2D eigenvalue weighted by atomic mass is 16.5. The molecule has 92 valence electrons. The van der Waals surface area contributed by atoms with E-state index in [2.05, 4.69) is 25.1 Å². The van der Waals surface area contributed by atoms with Crippen LogP contribution in [-0.2, 0) is 12.8 Å². The van der Waals surface area contributed by atoms with E-state index in [9.17, 15) is 0 Å². The average Bonchev–Trinajstić information content (AvgIpc) is 3.05. The number of hydrogen-bond donors (Lipinski definition) is 1. The Morgan fingerprint density at radius 3 is 3.00 bits per heavy atom. The van der Waals surface area contributed by atoms with Crippen molar-refractivity contribution in [3.63, 3.8) is 0 Å². The lowest BCUT2D eigenvalue weighted by Gasteiger charge is -2.23.